The lowest BCUT2D eigenvalue weighted by Gasteiger charge is -2.44. The predicted molar refractivity (Wildman–Crippen MR) is 219 cm³/mol. The fourth-order valence-corrected chi connectivity index (χ4v) is 8.88. The van der Waals surface area contributed by atoms with Crippen LogP contribution in [0.15, 0.2) is 0 Å². The zero-order valence-electron chi connectivity index (χ0n) is 34.3. The molecule has 0 aromatic rings. The van der Waals surface area contributed by atoms with Gasteiger partial charge in [0, 0.05) is 12.8 Å². The van der Waals surface area contributed by atoms with E-state index in [4.69, 9.17) is 18.5 Å². The highest BCUT2D eigenvalue weighted by atomic mass is 32.1. The van der Waals surface area contributed by atoms with E-state index in [0.717, 1.165) is 82.8 Å². The molecule has 8 N–H and O–H groups in total. The lowest BCUT2D eigenvalue weighted by atomic mass is 9.85. The molecule has 23 heteroatoms. The van der Waals surface area contributed by atoms with E-state index in [-0.39, 0.29) is 12.8 Å². The molecule has 1 aliphatic carbocycles. The van der Waals surface area contributed by atoms with Crippen LogP contribution < -0.4 is 0 Å². The Labute approximate surface area is 354 Å². The number of carbonyl (C=O) groups is 2. The van der Waals surface area contributed by atoms with E-state index in [1.807, 2.05) is 0 Å². The van der Waals surface area contributed by atoms with Crippen LogP contribution in [0.3, 0.4) is 0 Å². The summed E-state index contributed by atoms with van der Waals surface area (Å²) in [5.74, 6) is -0.440. The topological polar surface area (TPSA) is 303 Å². The van der Waals surface area contributed by atoms with Crippen molar-refractivity contribution >= 4 is 48.0 Å². The molecular formula is C36H71O19P3S. The van der Waals surface area contributed by atoms with Gasteiger partial charge in [-0.15, -0.1) is 0 Å². The number of phosphoric acid groups is 3. The number of unbranched alkanes of at least 4 members (excludes halogenated alkanes) is 19. The quantitative estimate of drug-likeness (QED) is 0.0152. The van der Waals surface area contributed by atoms with Crippen LogP contribution in [0, 0.1) is 0 Å². The number of rotatable bonds is 36. The van der Waals surface area contributed by atoms with Crippen molar-refractivity contribution in [3.05, 3.63) is 0 Å². The van der Waals surface area contributed by atoms with Gasteiger partial charge in [0.15, 0.2) is 6.10 Å². The van der Waals surface area contributed by atoms with Crippen LogP contribution in [-0.2, 0) is 50.9 Å². The van der Waals surface area contributed by atoms with Gasteiger partial charge in [-0.2, -0.15) is 12.6 Å². The highest BCUT2D eigenvalue weighted by molar-refractivity contribution is 7.80. The summed E-state index contributed by atoms with van der Waals surface area (Å²) >= 11 is 4.21. The first-order valence-corrected chi connectivity index (χ1v) is 26.1. The summed E-state index contributed by atoms with van der Waals surface area (Å²) in [6, 6.07) is 0. The summed E-state index contributed by atoms with van der Waals surface area (Å²) in [6.45, 7) is 0.720. The zero-order valence-corrected chi connectivity index (χ0v) is 37.9. The van der Waals surface area contributed by atoms with Crippen LogP contribution in [0.2, 0.25) is 0 Å². The van der Waals surface area contributed by atoms with Gasteiger partial charge in [-0.3, -0.25) is 27.7 Å². The summed E-state index contributed by atoms with van der Waals surface area (Å²) in [6.07, 6.45) is 5.78. The SMILES string of the molecule is CCCCCCCCCCCCCCCC(=O)O[C@H](COC(=O)CCCCCCCCCCS)COP(=O)(O)OC1C(O)[C@@H](OP(=O)(O)O)C(OP(=O)(O)O)[C@@H](O)[C@H]1O. The molecule has 19 nitrogen and oxygen atoms in total. The molecular weight excluding hydrogens is 861 g/mol. The molecule has 1 saturated carbocycles. The summed E-state index contributed by atoms with van der Waals surface area (Å²) in [7, 11) is -16.6. The fraction of sp³-hybridized carbons (Fsp3) is 0.944. The van der Waals surface area contributed by atoms with E-state index in [1.54, 1.807) is 0 Å². The van der Waals surface area contributed by atoms with Crippen molar-refractivity contribution < 1.29 is 90.6 Å². The number of thiol groups is 1. The molecule has 1 aliphatic rings. The van der Waals surface area contributed by atoms with Gasteiger partial charge in [0.1, 0.15) is 43.2 Å². The van der Waals surface area contributed by atoms with Gasteiger partial charge in [-0.25, -0.2) is 13.7 Å². The molecule has 1 fully saturated rings. The minimum absolute atomic E-state index is 0.00128. The summed E-state index contributed by atoms with van der Waals surface area (Å²) in [4.78, 5) is 72.8. The van der Waals surface area contributed by atoms with Crippen molar-refractivity contribution in [1.29, 1.82) is 0 Å². The summed E-state index contributed by atoms with van der Waals surface area (Å²) in [5.41, 5.74) is 0. The van der Waals surface area contributed by atoms with Crippen LogP contribution >= 0.6 is 36.1 Å². The molecule has 0 aliphatic heterocycles. The third-order valence-corrected chi connectivity index (χ3v) is 12.1. The molecule has 0 aromatic heterocycles. The number of esters is 2. The van der Waals surface area contributed by atoms with Gasteiger partial charge in [0.05, 0.1) is 6.61 Å². The lowest BCUT2D eigenvalue weighted by Crippen LogP contribution is -2.65. The van der Waals surface area contributed by atoms with E-state index >= 15 is 0 Å². The number of phosphoric ester groups is 3. The van der Waals surface area contributed by atoms with E-state index in [2.05, 4.69) is 28.6 Å². The van der Waals surface area contributed by atoms with Gasteiger partial charge in [-0.05, 0) is 25.0 Å². The lowest BCUT2D eigenvalue weighted by molar-refractivity contribution is -0.213. The maximum absolute atomic E-state index is 13.0. The van der Waals surface area contributed by atoms with E-state index in [1.165, 1.54) is 44.9 Å². The van der Waals surface area contributed by atoms with Gasteiger partial charge < -0.3 is 49.3 Å². The molecule has 0 spiro atoms. The highest BCUT2D eigenvalue weighted by Crippen LogP contribution is 2.51. The number of ether oxygens (including phenoxy) is 2. The fourth-order valence-electron chi connectivity index (χ4n) is 6.56. The average Bonchev–Trinajstić information content (AvgIpc) is 3.15. The van der Waals surface area contributed by atoms with Crippen molar-refractivity contribution in [2.45, 2.75) is 197 Å². The Hall–Kier alpha value is -0.500. The van der Waals surface area contributed by atoms with E-state index < -0.39 is 91.3 Å². The molecule has 0 amide bonds. The van der Waals surface area contributed by atoms with Crippen LogP contribution in [0.25, 0.3) is 0 Å². The zero-order chi connectivity index (χ0) is 44.3. The Bertz CT molecular complexity index is 1290. The molecule has 1 rings (SSSR count). The largest absolute Gasteiger partial charge is 0.472 e. The van der Waals surface area contributed by atoms with Crippen molar-refractivity contribution in [3.8, 4) is 0 Å². The molecule has 0 radical (unpaired) electrons. The maximum Gasteiger partial charge on any atom is 0.472 e. The Morgan fingerprint density at radius 3 is 1.36 bits per heavy atom. The standard InChI is InChI=1S/C36H71O19P3S/c1-2-3-4-5-6-7-8-9-10-11-15-18-21-24-30(38)52-28(26-50-29(37)23-20-17-14-12-13-16-19-22-25-59)27-51-58(48,49)55-34-31(39)32(40)35(53-56(42,43)44)36(33(34)41)54-57(45,46)47/h28,31-36,39-41,59H,2-27H2,1H3,(H,48,49)(H2,42,43,44)(H2,45,46,47)/t28-,31-,32+,33?,34?,35?,36-/m1/s1. The molecule has 350 valence electrons. The number of aliphatic hydroxyl groups is 3. The van der Waals surface area contributed by atoms with E-state index in [0.29, 0.717) is 12.8 Å². The smallest absolute Gasteiger partial charge is 0.462 e. The van der Waals surface area contributed by atoms with Crippen LogP contribution in [0.4, 0.5) is 0 Å². The predicted octanol–water partition coefficient (Wildman–Crippen LogP) is 5.92. The first-order valence-electron chi connectivity index (χ1n) is 20.9. The second-order valence-electron chi connectivity index (χ2n) is 15.0. The minimum Gasteiger partial charge on any atom is -0.462 e. The van der Waals surface area contributed by atoms with Gasteiger partial charge in [0.2, 0.25) is 0 Å². The molecule has 59 heavy (non-hydrogen) atoms. The number of aliphatic hydroxyl groups excluding tert-OH is 3. The molecule has 0 bridgehead atoms. The number of hydrogen-bond donors (Lipinski definition) is 9. The Morgan fingerprint density at radius 1 is 0.525 bits per heavy atom. The van der Waals surface area contributed by atoms with E-state index in [9.17, 15) is 63.1 Å². The third-order valence-electron chi connectivity index (χ3n) is 9.72. The van der Waals surface area contributed by atoms with Crippen molar-refractivity contribution in [3.63, 3.8) is 0 Å². The maximum atomic E-state index is 13.0. The highest BCUT2D eigenvalue weighted by Gasteiger charge is 2.56. The van der Waals surface area contributed by atoms with Crippen LogP contribution in [0.5, 0.6) is 0 Å². The van der Waals surface area contributed by atoms with Gasteiger partial charge in [0.25, 0.3) is 0 Å². The normalized spacial score (nSPS) is 22.8. The molecule has 4 unspecified atom stereocenters. The summed E-state index contributed by atoms with van der Waals surface area (Å²) in [5, 5.41) is 31.7. The van der Waals surface area contributed by atoms with Crippen molar-refractivity contribution in [1.82, 2.24) is 0 Å². The number of carbonyl (C=O) groups excluding carboxylic acids is 2. The second kappa shape index (κ2) is 31.4. The minimum atomic E-state index is -5.59. The first kappa shape index (κ1) is 56.5. The van der Waals surface area contributed by atoms with Crippen molar-refractivity contribution in [2.75, 3.05) is 19.0 Å². The third kappa shape index (κ3) is 28.0. The average molecular weight is 933 g/mol. The summed E-state index contributed by atoms with van der Waals surface area (Å²) < 4.78 is 65.1. The Balaban J connectivity index is 2.80. The van der Waals surface area contributed by atoms with Gasteiger partial charge >= 0.3 is 35.4 Å². The monoisotopic (exact) mass is 932 g/mol. The Kier molecular flexibility index (Phi) is 30.0. The van der Waals surface area contributed by atoms with Crippen LogP contribution in [0.1, 0.15) is 155 Å². The van der Waals surface area contributed by atoms with Gasteiger partial charge in [-0.1, -0.05) is 122 Å². The van der Waals surface area contributed by atoms with Crippen LogP contribution in [-0.4, -0.2) is 113 Å². The number of hydrogen-bond acceptors (Lipinski definition) is 15. The first-order chi connectivity index (χ1) is 27.8. The molecule has 0 aromatic carbocycles. The Morgan fingerprint density at radius 2 is 0.915 bits per heavy atom. The molecule has 0 heterocycles. The van der Waals surface area contributed by atoms with Crippen molar-refractivity contribution in [2.24, 2.45) is 0 Å². The molecule has 8 atom stereocenters. The molecule has 0 saturated heterocycles. The second-order valence-corrected chi connectivity index (χ2v) is 19.3.